The summed E-state index contributed by atoms with van der Waals surface area (Å²) in [5.41, 5.74) is 0. The predicted octanol–water partition coefficient (Wildman–Crippen LogP) is 1.38. The third-order valence-corrected chi connectivity index (χ3v) is 3.28. The molecule has 2 aliphatic rings. The molecule has 2 unspecified atom stereocenters. The summed E-state index contributed by atoms with van der Waals surface area (Å²) in [5, 5.41) is 6.87. The molecule has 0 amide bonds. The van der Waals surface area contributed by atoms with E-state index < -0.39 is 0 Å². The van der Waals surface area contributed by atoms with Crippen LogP contribution in [0.2, 0.25) is 0 Å². The molecule has 15 heavy (non-hydrogen) atoms. The highest BCUT2D eigenvalue weighted by molar-refractivity contribution is 5.85. The summed E-state index contributed by atoms with van der Waals surface area (Å²) >= 11 is 0. The van der Waals surface area contributed by atoms with Gasteiger partial charge in [0, 0.05) is 6.54 Å². The highest BCUT2D eigenvalue weighted by Gasteiger charge is 2.22. The quantitative estimate of drug-likeness (QED) is 0.758. The van der Waals surface area contributed by atoms with E-state index in [2.05, 4.69) is 17.6 Å². The summed E-state index contributed by atoms with van der Waals surface area (Å²) in [6, 6.07) is 0. The molecule has 0 aliphatic carbocycles. The van der Waals surface area contributed by atoms with E-state index in [1.807, 2.05) is 0 Å². The topological polar surface area (TPSA) is 33.3 Å². The van der Waals surface area contributed by atoms with Crippen molar-refractivity contribution in [3.8, 4) is 0 Å². The van der Waals surface area contributed by atoms with Gasteiger partial charge < -0.3 is 10.1 Å². The molecule has 0 radical (unpaired) electrons. The Morgan fingerprint density at radius 2 is 2.00 bits per heavy atom. The zero-order chi connectivity index (χ0) is 9.80. The van der Waals surface area contributed by atoms with E-state index in [1.54, 1.807) is 0 Å². The summed E-state index contributed by atoms with van der Waals surface area (Å²) in [5.74, 6) is 1.54. The van der Waals surface area contributed by atoms with Gasteiger partial charge in [-0.15, -0.1) is 12.4 Å². The molecule has 0 saturated carbocycles. The Morgan fingerprint density at radius 1 is 1.27 bits per heavy atom. The number of rotatable bonds is 2. The number of piperidine rings is 1. The van der Waals surface area contributed by atoms with Gasteiger partial charge in [-0.05, 0) is 44.2 Å². The van der Waals surface area contributed by atoms with E-state index in [0.29, 0.717) is 12.1 Å². The Hall–Kier alpha value is 0.170. The van der Waals surface area contributed by atoms with Crippen molar-refractivity contribution in [3.05, 3.63) is 0 Å². The van der Waals surface area contributed by atoms with Gasteiger partial charge >= 0.3 is 0 Å². The summed E-state index contributed by atoms with van der Waals surface area (Å²) < 4.78 is 5.76. The van der Waals surface area contributed by atoms with E-state index in [0.717, 1.165) is 19.1 Å². The summed E-state index contributed by atoms with van der Waals surface area (Å²) in [6.45, 7) is 6.66. The third-order valence-electron chi connectivity index (χ3n) is 3.28. The van der Waals surface area contributed by atoms with Crippen LogP contribution in [0.25, 0.3) is 0 Å². The Labute approximate surface area is 98.7 Å². The van der Waals surface area contributed by atoms with Crippen LogP contribution in [0, 0.1) is 11.8 Å². The van der Waals surface area contributed by atoms with Crippen LogP contribution in [0.3, 0.4) is 0 Å². The molecule has 2 atom stereocenters. The first-order valence-corrected chi connectivity index (χ1v) is 5.90. The second-order valence-corrected chi connectivity index (χ2v) is 4.76. The van der Waals surface area contributed by atoms with Crippen LogP contribution in [-0.4, -0.2) is 32.5 Å². The Balaban J connectivity index is 0.00000112. The van der Waals surface area contributed by atoms with Crippen LogP contribution < -0.4 is 10.6 Å². The van der Waals surface area contributed by atoms with E-state index in [1.165, 1.54) is 32.4 Å². The van der Waals surface area contributed by atoms with Crippen molar-refractivity contribution in [2.75, 3.05) is 26.2 Å². The van der Waals surface area contributed by atoms with Gasteiger partial charge in [0.2, 0.25) is 0 Å². The zero-order valence-corrected chi connectivity index (χ0v) is 10.3. The number of hydrogen-bond acceptors (Lipinski definition) is 3. The average molecular weight is 235 g/mol. The van der Waals surface area contributed by atoms with Gasteiger partial charge in [0.1, 0.15) is 6.23 Å². The first-order valence-electron chi connectivity index (χ1n) is 5.90. The minimum absolute atomic E-state index is 0. The lowest BCUT2D eigenvalue weighted by Gasteiger charge is -2.32. The predicted molar refractivity (Wildman–Crippen MR) is 64.4 cm³/mol. The van der Waals surface area contributed by atoms with Crippen LogP contribution in [0.4, 0.5) is 0 Å². The molecule has 2 rings (SSSR count). The van der Waals surface area contributed by atoms with Crippen molar-refractivity contribution >= 4 is 12.4 Å². The maximum Gasteiger partial charge on any atom is 0.108 e. The maximum absolute atomic E-state index is 5.76. The van der Waals surface area contributed by atoms with Crippen LogP contribution in [-0.2, 0) is 4.74 Å². The molecule has 4 heteroatoms. The monoisotopic (exact) mass is 234 g/mol. The van der Waals surface area contributed by atoms with Gasteiger partial charge in [-0.1, -0.05) is 6.92 Å². The van der Waals surface area contributed by atoms with Crippen molar-refractivity contribution in [3.63, 3.8) is 0 Å². The van der Waals surface area contributed by atoms with Gasteiger partial charge in [-0.25, -0.2) is 0 Å². The molecule has 0 aromatic rings. The molecule has 0 bridgehead atoms. The van der Waals surface area contributed by atoms with Crippen LogP contribution in [0.1, 0.15) is 26.2 Å². The molecule has 0 aromatic carbocycles. The molecule has 2 heterocycles. The highest BCUT2D eigenvalue weighted by atomic mass is 35.5. The van der Waals surface area contributed by atoms with E-state index in [9.17, 15) is 0 Å². The number of nitrogens with one attached hydrogen (secondary N) is 2. The van der Waals surface area contributed by atoms with Gasteiger partial charge in [0.15, 0.2) is 0 Å². The SMILES string of the molecule is CC1CNC(CC2CCNCC2)OC1.Cl. The van der Waals surface area contributed by atoms with Crippen molar-refractivity contribution in [2.45, 2.75) is 32.4 Å². The smallest absolute Gasteiger partial charge is 0.108 e. The maximum atomic E-state index is 5.76. The molecule has 0 spiro atoms. The van der Waals surface area contributed by atoms with E-state index in [4.69, 9.17) is 4.74 Å². The lowest BCUT2D eigenvalue weighted by atomic mass is 9.93. The standard InChI is InChI=1S/C11H22N2O.ClH/c1-9-7-13-11(14-8-9)6-10-2-4-12-5-3-10;/h9-13H,2-8H2,1H3;1H. The van der Waals surface area contributed by atoms with Crippen molar-refractivity contribution < 1.29 is 4.74 Å². The Morgan fingerprint density at radius 3 is 2.60 bits per heavy atom. The van der Waals surface area contributed by atoms with E-state index in [-0.39, 0.29) is 12.4 Å². The van der Waals surface area contributed by atoms with Crippen LogP contribution in [0.5, 0.6) is 0 Å². The van der Waals surface area contributed by atoms with Gasteiger partial charge in [0.05, 0.1) is 6.61 Å². The molecule has 2 fully saturated rings. The lowest BCUT2D eigenvalue weighted by molar-refractivity contribution is -0.0378. The molecule has 2 N–H and O–H groups in total. The summed E-state index contributed by atoms with van der Waals surface area (Å²) in [6.07, 6.45) is 4.16. The summed E-state index contributed by atoms with van der Waals surface area (Å²) in [4.78, 5) is 0. The molecule has 2 saturated heterocycles. The molecular formula is C11H23ClN2O. The Bertz CT molecular complexity index is 166. The van der Waals surface area contributed by atoms with E-state index >= 15 is 0 Å². The van der Waals surface area contributed by atoms with Gasteiger partial charge in [-0.2, -0.15) is 0 Å². The fraction of sp³-hybridized carbons (Fsp3) is 1.00. The van der Waals surface area contributed by atoms with Crippen molar-refractivity contribution in [1.82, 2.24) is 10.6 Å². The molecule has 2 aliphatic heterocycles. The Kier molecular flexibility index (Phi) is 5.90. The normalized spacial score (nSPS) is 33.4. The number of ether oxygens (including phenoxy) is 1. The number of hydrogen-bond donors (Lipinski definition) is 2. The average Bonchev–Trinajstić information content (AvgIpc) is 2.23. The largest absolute Gasteiger partial charge is 0.363 e. The minimum atomic E-state index is 0. The van der Waals surface area contributed by atoms with Crippen LogP contribution in [0.15, 0.2) is 0 Å². The second kappa shape index (κ2) is 6.69. The minimum Gasteiger partial charge on any atom is -0.363 e. The molecule has 3 nitrogen and oxygen atoms in total. The fourth-order valence-corrected chi connectivity index (χ4v) is 2.30. The highest BCUT2D eigenvalue weighted by Crippen LogP contribution is 2.20. The molecular weight excluding hydrogens is 212 g/mol. The molecule has 0 aromatic heterocycles. The van der Waals surface area contributed by atoms with Crippen LogP contribution >= 0.6 is 12.4 Å². The van der Waals surface area contributed by atoms with Gasteiger partial charge in [-0.3, -0.25) is 5.32 Å². The number of halogens is 1. The fourth-order valence-electron chi connectivity index (χ4n) is 2.30. The first kappa shape index (κ1) is 13.2. The van der Waals surface area contributed by atoms with Gasteiger partial charge in [0.25, 0.3) is 0 Å². The zero-order valence-electron chi connectivity index (χ0n) is 9.50. The second-order valence-electron chi connectivity index (χ2n) is 4.76. The van der Waals surface area contributed by atoms with Crippen molar-refractivity contribution in [2.24, 2.45) is 11.8 Å². The summed E-state index contributed by atoms with van der Waals surface area (Å²) in [7, 11) is 0. The van der Waals surface area contributed by atoms with Crippen molar-refractivity contribution in [1.29, 1.82) is 0 Å². The third kappa shape index (κ3) is 4.27. The molecule has 90 valence electrons. The lowest BCUT2D eigenvalue weighted by Crippen LogP contribution is -2.44. The first-order chi connectivity index (χ1) is 6.84.